The van der Waals surface area contributed by atoms with Crippen molar-refractivity contribution in [3.8, 4) is 0 Å². The summed E-state index contributed by atoms with van der Waals surface area (Å²) in [5.41, 5.74) is 1.29. The Morgan fingerprint density at radius 1 is 1.05 bits per heavy atom. The minimum absolute atomic E-state index is 0.183. The molecule has 0 spiro atoms. The van der Waals surface area contributed by atoms with Gasteiger partial charge in [0.25, 0.3) is 0 Å². The molecule has 1 nitrogen and oxygen atoms in total. The van der Waals surface area contributed by atoms with Gasteiger partial charge in [0.05, 0.1) is 6.10 Å². The van der Waals surface area contributed by atoms with Crippen molar-refractivity contribution in [2.24, 2.45) is 17.8 Å². The second-order valence-electron chi connectivity index (χ2n) is 6.59. The molecule has 1 saturated carbocycles. The van der Waals surface area contributed by atoms with E-state index in [4.69, 9.17) is 0 Å². The van der Waals surface area contributed by atoms with Gasteiger partial charge in [0.2, 0.25) is 0 Å². The van der Waals surface area contributed by atoms with Crippen molar-refractivity contribution >= 4 is 0 Å². The van der Waals surface area contributed by atoms with Gasteiger partial charge in [0, 0.05) is 5.92 Å². The topological polar surface area (TPSA) is 20.2 Å². The Kier molecular flexibility index (Phi) is 5.04. The first kappa shape index (κ1) is 14.6. The van der Waals surface area contributed by atoms with Crippen molar-refractivity contribution in [2.75, 3.05) is 0 Å². The maximum Gasteiger partial charge on any atom is 0.0636 e. The molecular formula is C18H28O. The monoisotopic (exact) mass is 260 g/mol. The SMILES string of the molecule is CCC(c1ccccc1)C(O)C1CC(C)CC(C)C1. The van der Waals surface area contributed by atoms with E-state index in [9.17, 15) is 5.11 Å². The van der Waals surface area contributed by atoms with Gasteiger partial charge < -0.3 is 5.11 Å². The first-order chi connectivity index (χ1) is 9.11. The highest BCUT2D eigenvalue weighted by Crippen LogP contribution is 2.39. The predicted octanol–water partition coefficient (Wildman–Crippen LogP) is 4.61. The Labute approximate surface area is 118 Å². The van der Waals surface area contributed by atoms with E-state index in [1.165, 1.54) is 24.8 Å². The summed E-state index contributed by atoms with van der Waals surface area (Å²) < 4.78 is 0. The summed E-state index contributed by atoms with van der Waals surface area (Å²) in [4.78, 5) is 0. The van der Waals surface area contributed by atoms with Gasteiger partial charge in [0.1, 0.15) is 0 Å². The smallest absolute Gasteiger partial charge is 0.0636 e. The van der Waals surface area contributed by atoms with E-state index in [1.54, 1.807) is 0 Å². The second kappa shape index (κ2) is 6.56. The highest BCUT2D eigenvalue weighted by atomic mass is 16.3. The fourth-order valence-corrected chi connectivity index (χ4v) is 3.99. The zero-order valence-corrected chi connectivity index (χ0v) is 12.5. The molecule has 0 aromatic heterocycles. The molecule has 19 heavy (non-hydrogen) atoms. The van der Waals surface area contributed by atoms with Crippen LogP contribution >= 0.6 is 0 Å². The Morgan fingerprint density at radius 2 is 1.63 bits per heavy atom. The number of rotatable bonds is 4. The van der Waals surface area contributed by atoms with Crippen molar-refractivity contribution in [2.45, 2.75) is 58.5 Å². The number of benzene rings is 1. The highest BCUT2D eigenvalue weighted by Gasteiger charge is 2.33. The van der Waals surface area contributed by atoms with Crippen molar-refractivity contribution in [1.29, 1.82) is 0 Å². The molecule has 0 radical (unpaired) electrons. The van der Waals surface area contributed by atoms with Gasteiger partial charge in [-0.05, 0) is 49.0 Å². The van der Waals surface area contributed by atoms with Crippen LogP contribution in [-0.4, -0.2) is 11.2 Å². The van der Waals surface area contributed by atoms with Gasteiger partial charge in [0.15, 0.2) is 0 Å². The molecule has 4 atom stereocenters. The number of aliphatic hydroxyl groups is 1. The Morgan fingerprint density at radius 3 is 2.16 bits per heavy atom. The molecule has 106 valence electrons. The number of hydrogen-bond acceptors (Lipinski definition) is 1. The highest BCUT2D eigenvalue weighted by molar-refractivity contribution is 5.21. The third-order valence-electron chi connectivity index (χ3n) is 4.78. The maximum atomic E-state index is 10.8. The summed E-state index contributed by atoms with van der Waals surface area (Å²) in [6.07, 6.45) is 4.54. The molecule has 1 fully saturated rings. The molecule has 1 aliphatic rings. The standard InChI is InChI=1S/C18H28O/c1-4-17(15-8-6-5-7-9-15)18(19)16-11-13(2)10-14(3)12-16/h5-9,13-14,16-19H,4,10-12H2,1-3H3. The maximum absolute atomic E-state index is 10.8. The minimum Gasteiger partial charge on any atom is -0.392 e. The summed E-state index contributed by atoms with van der Waals surface area (Å²) in [5.74, 6) is 2.29. The Balaban J connectivity index is 2.10. The number of aliphatic hydroxyl groups excluding tert-OH is 1. The van der Waals surface area contributed by atoms with Crippen LogP contribution in [0.5, 0.6) is 0 Å². The summed E-state index contributed by atoms with van der Waals surface area (Å²) >= 11 is 0. The van der Waals surface area contributed by atoms with Crippen LogP contribution in [0, 0.1) is 17.8 Å². The molecule has 1 aromatic carbocycles. The zero-order valence-electron chi connectivity index (χ0n) is 12.5. The first-order valence-electron chi connectivity index (χ1n) is 7.84. The van der Waals surface area contributed by atoms with Crippen molar-refractivity contribution in [3.63, 3.8) is 0 Å². The molecule has 1 aliphatic carbocycles. The molecule has 0 heterocycles. The Bertz CT molecular complexity index is 363. The molecule has 1 heteroatoms. The van der Waals surface area contributed by atoms with Gasteiger partial charge in [-0.15, -0.1) is 0 Å². The van der Waals surface area contributed by atoms with Crippen LogP contribution in [0.2, 0.25) is 0 Å². The molecule has 0 aliphatic heterocycles. The lowest BCUT2D eigenvalue weighted by atomic mass is 9.71. The van der Waals surface area contributed by atoms with E-state index >= 15 is 0 Å². The van der Waals surface area contributed by atoms with Gasteiger partial charge in [-0.1, -0.05) is 51.1 Å². The predicted molar refractivity (Wildman–Crippen MR) is 81.1 cm³/mol. The van der Waals surface area contributed by atoms with Crippen LogP contribution in [0.4, 0.5) is 0 Å². The molecular weight excluding hydrogens is 232 g/mol. The van der Waals surface area contributed by atoms with Crippen LogP contribution in [0.1, 0.15) is 57.9 Å². The van der Waals surface area contributed by atoms with Crippen LogP contribution in [0.15, 0.2) is 30.3 Å². The Hall–Kier alpha value is -0.820. The van der Waals surface area contributed by atoms with Crippen molar-refractivity contribution < 1.29 is 5.11 Å². The molecule has 1 N–H and O–H groups in total. The molecule has 1 aromatic rings. The fraction of sp³-hybridized carbons (Fsp3) is 0.667. The zero-order chi connectivity index (χ0) is 13.8. The first-order valence-corrected chi connectivity index (χ1v) is 7.84. The van der Waals surface area contributed by atoms with Gasteiger partial charge in [-0.25, -0.2) is 0 Å². The van der Waals surface area contributed by atoms with E-state index in [-0.39, 0.29) is 6.10 Å². The summed E-state index contributed by atoms with van der Waals surface area (Å²) in [5, 5.41) is 10.8. The molecule has 0 bridgehead atoms. The van der Waals surface area contributed by atoms with E-state index in [0.717, 1.165) is 18.3 Å². The van der Waals surface area contributed by atoms with E-state index < -0.39 is 0 Å². The van der Waals surface area contributed by atoms with Gasteiger partial charge in [-0.3, -0.25) is 0 Å². The van der Waals surface area contributed by atoms with E-state index in [0.29, 0.717) is 11.8 Å². The van der Waals surface area contributed by atoms with E-state index in [2.05, 4.69) is 45.0 Å². The van der Waals surface area contributed by atoms with Crippen molar-refractivity contribution in [3.05, 3.63) is 35.9 Å². The van der Waals surface area contributed by atoms with Crippen LogP contribution < -0.4 is 0 Å². The average Bonchev–Trinajstić information content (AvgIpc) is 2.39. The lowest BCUT2D eigenvalue weighted by Gasteiger charge is -2.37. The van der Waals surface area contributed by atoms with Crippen LogP contribution in [-0.2, 0) is 0 Å². The quantitative estimate of drug-likeness (QED) is 0.838. The molecule has 0 amide bonds. The molecule has 4 unspecified atom stereocenters. The fourth-order valence-electron chi connectivity index (χ4n) is 3.99. The second-order valence-corrected chi connectivity index (χ2v) is 6.59. The lowest BCUT2D eigenvalue weighted by Crippen LogP contribution is -2.33. The third-order valence-corrected chi connectivity index (χ3v) is 4.78. The van der Waals surface area contributed by atoms with Crippen LogP contribution in [0.25, 0.3) is 0 Å². The van der Waals surface area contributed by atoms with Gasteiger partial charge in [-0.2, -0.15) is 0 Å². The van der Waals surface area contributed by atoms with Crippen molar-refractivity contribution in [1.82, 2.24) is 0 Å². The normalized spacial score (nSPS) is 30.8. The summed E-state index contributed by atoms with van der Waals surface area (Å²) in [6.45, 7) is 6.86. The van der Waals surface area contributed by atoms with Gasteiger partial charge >= 0.3 is 0 Å². The minimum atomic E-state index is -0.183. The van der Waals surface area contributed by atoms with Crippen LogP contribution in [0.3, 0.4) is 0 Å². The molecule has 2 rings (SSSR count). The third kappa shape index (κ3) is 3.60. The lowest BCUT2D eigenvalue weighted by molar-refractivity contribution is 0.0346. The average molecular weight is 260 g/mol. The summed E-state index contributed by atoms with van der Waals surface area (Å²) in [7, 11) is 0. The molecule has 0 saturated heterocycles. The number of hydrogen-bond donors (Lipinski definition) is 1. The largest absolute Gasteiger partial charge is 0.392 e. The summed E-state index contributed by atoms with van der Waals surface area (Å²) in [6, 6.07) is 10.5. The van der Waals surface area contributed by atoms with E-state index in [1.807, 2.05) is 6.07 Å².